The van der Waals surface area contributed by atoms with E-state index >= 15 is 0 Å². The van der Waals surface area contributed by atoms with Crippen LogP contribution in [0.1, 0.15) is 361 Å². The Bertz CT molecular complexity index is 1320. The van der Waals surface area contributed by atoms with Crippen LogP contribution in [-0.2, 0) is 32.7 Å². The molecule has 0 aromatic carbocycles. The van der Waals surface area contributed by atoms with Gasteiger partial charge in [-0.2, -0.15) is 0 Å². The number of nitrogens with zero attached hydrogens (tertiary/aromatic N) is 1. The molecule has 2 unspecified atom stereocenters. The van der Waals surface area contributed by atoms with E-state index < -0.39 is 26.5 Å². The van der Waals surface area contributed by atoms with Gasteiger partial charge < -0.3 is 18.9 Å². The summed E-state index contributed by atoms with van der Waals surface area (Å²) >= 11 is 0. The predicted molar refractivity (Wildman–Crippen MR) is 335 cm³/mol. The molecule has 0 saturated carbocycles. The van der Waals surface area contributed by atoms with Gasteiger partial charge in [-0.1, -0.05) is 321 Å². The fourth-order valence-corrected chi connectivity index (χ4v) is 11.2. The molecule has 0 aromatic rings. The van der Waals surface area contributed by atoms with Crippen LogP contribution in [0.2, 0.25) is 0 Å². The molecule has 0 aromatic heterocycles. The summed E-state index contributed by atoms with van der Waals surface area (Å²) in [6.07, 6.45) is 73.3. The number of hydrogen-bond donors (Lipinski definition) is 1. The molecule has 0 aliphatic rings. The Morgan fingerprint density at radius 2 is 0.654 bits per heavy atom. The molecule has 0 saturated heterocycles. The van der Waals surface area contributed by atoms with Crippen molar-refractivity contribution in [1.29, 1.82) is 0 Å². The van der Waals surface area contributed by atoms with Gasteiger partial charge >= 0.3 is 19.8 Å². The number of carbonyl (C=O) groups excluding carboxylic acids is 2. The second-order valence-corrected chi connectivity index (χ2v) is 26.4. The average molecular weight is 1130 g/mol. The zero-order chi connectivity index (χ0) is 57.0. The minimum atomic E-state index is -4.38. The van der Waals surface area contributed by atoms with E-state index in [2.05, 4.69) is 26.0 Å². The highest BCUT2D eigenvalue weighted by Gasteiger charge is 2.27. The van der Waals surface area contributed by atoms with Crippen molar-refractivity contribution in [2.45, 2.75) is 367 Å². The first kappa shape index (κ1) is 76.8. The molecule has 0 fully saturated rings. The Hall–Kier alpha value is -1.25. The Balaban J connectivity index is 3.91. The lowest BCUT2D eigenvalue weighted by Crippen LogP contribution is -2.37. The summed E-state index contributed by atoms with van der Waals surface area (Å²) < 4.78 is 34.7. The lowest BCUT2D eigenvalue weighted by atomic mass is 10.0. The van der Waals surface area contributed by atoms with Crippen LogP contribution < -0.4 is 0 Å². The molecule has 1 N–H and O–H groups in total. The predicted octanol–water partition coefficient (Wildman–Crippen LogP) is 21.9. The molecule has 0 bridgehead atoms. The number of phosphoric ester groups is 1. The Kier molecular flexibility index (Phi) is 59.4. The monoisotopic (exact) mass is 1120 g/mol. The van der Waals surface area contributed by atoms with Gasteiger partial charge in [0.25, 0.3) is 0 Å². The van der Waals surface area contributed by atoms with E-state index in [1.807, 2.05) is 21.1 Å². The van der Waals surface area contributed by atoms with E-state index in [9.17, 15) is 19.0 Å². The second kappa shape index (κ2) is 60.3. The SMILES string of the molecule is CCCCCCCC/C=C\CCCCCCCCCCCC(=O)OC(COC(=O)CCCCCCCCCCCCCCCCCCCCCCCCCCCCCCCCCCCCC)COP(=O)(O)OCC[N+](C)(C)C. The number of esters is 2. The zero-order valence-corrected chi connectivity index (χ0v) is 53.8. The summed E-state index contributed by atoms with van der Waals surface area (Å²) in [5.74, 6) is -0.778. The first-order valence-corrected chi connectivity index (χ1v) is 35.9. The van der Waals surface area contributed by atoms with E-state index in [0.29, 0.717) is 23.9 Å². The van der Waals surface area contributed by atoms with Crippen molar-refractivity contribution in [3.63, 3.8) is 0 Å². The number of quaternary nitrogens is 1. The van der Waals surface area contributed by atoms with Crippen molar-refractivity contribution in [2.24, 2.45) is 0 Å². The molecule has 0 amide bonds. The highest BCUT2D eigenvalue weighted by Crippen LogP contribution is 2.43. The molecule has 2 atom stereocenters. The number of ether oxygens (including phenoxy) is 2. The molecular formula is C68H135NO8P+. The molecule has 9 nitrogen and oxygen atoms in total. The Morgan fingerprint density at radius 3 is 0.949 bits per heavy atom. The van der Waals surface area contributed by atoms with Gasteiger partial charge in [-0.15, -0.1) is 0 Å². The van der Waals surface area contributed by atoms with Gasteiger partial charge in [-0.3, -0.25) is 18.6 Å². The second-order valence-electron chi connectivity index (χ2n) is 24.9. The maximum Gasteiger partial charge on any atom is 0.472 e. The van der Waals surface area contributed by atoms with Gasteiger partial charge in [-0.25, -0.2) is 4.57 Å². The van der Waals surface area contributed by atoms with Crippen molar-refractivity contribution in [3.8, 4) is 0 Å². The molecular weight excluding hydrogens is 990 g/mol. The third-order valence-electron chi connectivity index (χ3n) is 15.8. The van der Waals surface area contributed by atoms with Crippen LogP contribution in [0.5, 0.6) is 0 Å². The number of allylic oxidation sites excluding steroid dienone is 2. The van der Waals surface area contributed by atoms with Gasteiger partial charge in [0.2, 0.25) is 0 Å². The van der Waals surface area contributed by atoms with Gasteiger partial charge in [-0.05, 0) is 38.5 Å². The maximum atomic E-state index is 12.8. The third-order valence-corrected chi connectivity index (χ3v) is 16.8. The fraction of sp³-hybridized carbons (Fsp3) is 0.941. The lowest BCUT2D eigenvalue weighted by molar-refractivity contribution is -0.870. The van der Waals surface area contributed by atoms with E-state index in [1.54, 1.807) is 0 Å². The van der Waals surface area contributed by atoms with Crippen LogP contribution in [0, 0.1) is 0 Å². The van der Waals surface area contributed by atoms with Crippen LogP contribution in [0.15, 0.2) is 12.2 Å². The maximum absolute atomic E-state index is 12.8. The van der Waals surface area contributed by atoms with Crippen molar-refractivity contribution >= 4 is 19.8 Å². The smallest absolute Gasteiger partial charge is 0.462 e. The first-order chi connectivity index (χ1) is 38.0. The molecule has 0 rings (SSSR count). The molecule has 0 heterocycles. The molecule has 0 aliphatic carbocycles. The molecule has 0 aliphatic heterocycles. The largest absolute Gasteiger partial charge is 0.472 e. The number of unbranched alkanes of at least 4 members (excludes halogenated alkanes) is 49. The number of hydrogen-bond acceptors (Lipinski definition) is 7. The Morgan fingerprint density at radius 1 is 0.385 bits per heavy atom. The third kappa shape index (κ3) is 63.9. The zero-order valence-electron chi connectivity index (χ0n) is 52.9. The van der Waals surface area contributed by atoms with Crippen LogP contribution in [0.25, 0.3) is 0 Å². The quantitative estimate of drug-likeness (QED) is 0.0211. The number of likely N-dealkylation sites (N-methyl/N-ethyl adjacent to an activating group) is 1. The van der Waals surface area contributed by atoms with Crippen molar-refractivity contribution in [3.05, 3.63) is 12.2 Å². The summed E-state index contributed by atoms with van der Waals surface area (Å²) in [5, 5.41) is 0. The lowest BCUT2D eigenvalue weighted by Gasteiger charge is -2.24. The normalized spacial score (nSPS) is 13.2. The van der Waals surface area contributed by atoms with Gasteiger partial charge in [0.1, 0.15) is 19.8 Å². The highest BCUT2D eigenvalue weighted by molar-refractivity contribution is 7.47. The summed E-state index contributed by atoms with van der Waals surface area (Å²) in [6.45, 7) is 4.50. The van der Waals surface area contributed by atoms with Crippen molar-refractivity contribution in [1.82, 2.24) is 0 Å². The minimum Gasteiger partial charge on any atom is -0.462 e. The summed E-state index contributed by atoms with van der Waals surface area (Å²) in [7, 11) is 1.50. The van der Waals surface area contributed by atoms with Crippen LogP contribution >= 0.6 is 7.82 Å². The fourth-order valence-electron chi connectivity index (χ4n) is 10.5. The van der Waals surface area contributed by atoms with Crippen molar-refractivity contribution in [2.75, 3.05) is 47.5 Å². The Labute approximate surface area is 486 Å². The number of rotatable bonds is 65. The first-order valence-electron chi connectivity index (χ1n) is 34.4. The topological polar surface area (TPSA) is 108 Å². The highest BCUT2D eigenvalue weighted by atomic mass is 31.2. The van der Waals surface area contributed by atoms with Gasteiger partial charge in [0.15, 0.2) is 6.10 Å². The number of carbonyl (C=O) groups is 2. The molecule has 0 spiro atoms. The molecule has 464 valence electrons. The number of phosphoric acid groups is 1. The van der Waals surface area contributed by atoms with Gasteiger partial charge in [0.05, 0.1) is 27.7 Å². The molecule has 0 radical (unpaired) electrons. The summed E-state index contributed by atoms with van der Waals surface area (Å²) in [4.78, 5) is 35.8. The minimum absolute atomic E-state index is 0.0352. The molecule has 10 heteroatoms. The van der Waals surface area contributed by atoms with E-state index in [-0.39, 0.29) is 25.6 Å². The van der Waals surface area contributed by atoms with Crippen molar-refractivity contribution < 1.29 is 42.1 Å². The van der Waals surface area contributed by atoms with E-state index in [4.69, 9.17) is 18.5 Å². The standard InChI is InChI=1S/C68H134NO8P/c1-6-8-10-12-14-16-18-20-22-24-26-27-28-29-30-31-32-33-34-35-36-37-38-39-40-41-43-44-46-48-50-52-54-56-58-60-67(70)74-64-66(65-76-78(72,73)75-63-62-69(3,4)5)77-68(71)61-59-57-55-53-51-49-47-45-42-25-23-21-19-17-15-13-11-9-7-2/h21,23,66H,6-20,22,24-65H2,1-5H3/p+1/b23-21-. The molecule has 78 heavy (non-hydrogen) atoms. The van der Waals surface area contributed by atoms with Crippen LogP contribution in [-0.4, -0.2) is 74.9 Å². The summed E-state index contributed by atoms with van der Waals surface area (Å²) in [6, 6.07) is 0. The van der Waals surface area contributed by atoms with E-state index in [1.165, 1.54) is 295 Å². The van der Waals surface area contributed by atoms with Crippen LogP contribution in [0.3, 0.4) is 0 Å². The van der Waals surface area contributed by atoms with Gasteiger partial charge in [0, 0.05) is 12.8 Å². The van der Waals surface area contributed by atoms with E-state index in [0.717, 1.165) is 32.1 Å². The van der Waals surface area contributed by atoms with Crippen LogP contribution in [0.4, 0.5) is 0 Å². The summed E-state index contributed by atoms with van der Waals surface area (Å²) in [5.41, 5.74) is 0. The average Bonchev–Trinajstić information content (AvgIpc) is 3.41.